The summed E-state index contributed by atoms with van der Waals surface area (Å²) in [5, 5.41) is 9.95. The monoisotopic (exact) mass is 390 g/mol. The van der Waals surface area contributed by atoms with Crippen LogP contribution in [0.15, 0.2) is 30.3 Å². The predicted octanol–water partition coefficient (Wildman–Crippen LogP) is 2.94. The van der Waals surface area contributed by atoms with Crippen molar-refractivity contribution in [1.82, 2.24) is 9.80 Å². The van der Waals surface area contributed by atoms with Crippen molar-refractivity contribution >= 4 is 11.8 Å². The van der Waals surface area contributed by atoms with E-state index in [2.05, 4.69) is 0 Å². The normalized spacial score (nSPS) is 14.4. The molecule has 8 heteroatoms. The Kier molecular flexibility index (Phi) is 5.48. The smallest absolute Gasteiger partial charge is 0.254 e. The first-order valence-corrected chi connectivity index (χ1v) is 8.82. The Bertz CT molecular complexity index is 933. The minimum atomic E-state index is -0.842. The fourth-order valence-electron chi connectivity index (χ4n) is 2.89. The molecular formula is C20H20F2N2O4. The molecule has 1 heterocycles. The number of carbonyl (C=O) groups excluding carboxylic acids is 2. The third-order valence-electron chi connectivity index (χ3n) is 4.65. The van der Waals surface area contributed by atoms with Crippen molar-refractivity contribution in [3.05, 3.63) is 53.1 Å². The van der Waals surface area contributed by atoms with E-state index in [1.807, 2.05) is 0 Å². The lowest BCUT2D eigenvalue weighted by Crippen LogP contribution is -2.50. The molecule has 0 bridgehead atoms. The lowest BCUT2D eigenvalue weighted by atomic mass is 10.1. The van der Waals surface area contributed by atoms with Gasteiger partial charge in [-0.25, -0.2) is 8.78 Å². The van der Waals surface area contributed by atoms with Crippen LogP contribution >= 0.6 is 0 Å². The van der Waals surface area contributed by atoms with Crippen LogP contribution in [0.2, 0.25) is 0 Å². The van der Waals surface area contributed by atoms with Gasteiger partial charge in [0.2, 0.25) is 5.91 Å². The highest BCUT2D eigenvalue weighted by atomic mass is 19.1. The molecule has 6 nitrogen and oxygen atoms in total. The topological polar surface area (TPSA) is 70.1 Å². The van der Waals surface area contributed by atoms with Gasteiger partial charge in [0.05, 0.1) is 0 Å². The first-order chi connectivity index (χ1) is 13.3. The number of halogens is 2. The van der Waals surface area contributed by atoms with Crippen LogP contribution in [0, 0.1) is 11.6 Å². The molecular weight excluding hydrogens is 370 g/mol. The first-order valence-electron chi connectivity index (χ1n) is 8.82. The van der Waals surface area contributed by atoms with Gasteiger partial charge in [-0.05, 0) is 36.2 Å². The van der Waals surface area contributed by atoms with Crippen molar-refractivity contribution in [3.8, 4) is 17.2 Å². The highest BCUT2D eigenvalue weighted by Crippen LogP contribution is 2.34. The van der Waals surface area contributed by atoms with E-state index < -0.39 is 17.5 Å². The first kappa shape index (κ1) is 19.6. The molecule has 2 aromatic carbocycles. The molecule has 1 aliphatic heterocycles. The molecule has 1 saturated heterocycles. The maximum atomic E-state index is 14.4. The number of benzene rings is 2. The Hall–Kier alpha value is -3.16. The van der Waals surface area contributed by atoms with Crippen LogP contribution < -0.4 is 4.74 Å². The number of carbonyl (C=O) groups is 2. The Labute approximate surface area is 160 Å². The zero-order chi connectivity index (χ0) is 20.4. The third kappa shape index (κ3) is 3.90. The number of phenols is 1. The largest absolute Gasteiger partial charge is 0.504 e. The van der Waals surface area contributed by atoms with Crippen LogP contribution in [0.4, 0.5) is 8.78 Å². The summed E-state index contributed by atoms with van der Waals surface area (Å²) < 4.78 is 33.6. The van der Waals surface area contributed by atoms with E-state index in [-0.39, 0.29) is 35.3 Å². The highest BCUT2D eigenvalue weighted by molar-refractivity contribution is 5.97. The number of rotatable bonds is 4. The zero-order valence-electron chi connectivity index (χ0n) is 15.5. The number of phenolic OH excluding ortho intramolecular Hbond substituents is 1. The Balaban J connectivity index is 1.78. The van der Waals surface area contributed by atoms with Crippen LogP contribution in [0.25, 0.3) is 0 Å². The van der Waals surface area contributed by atoms with Gasteiger partial charge in [0.1, 0.15) is 12.4 Å². The maximum Gasteiger partial charge on any atom is 0.254 e. The number of ether oxygens (including phenoxy) is 1. The third-order valence-corrected chi connectivity index (χ3v) is 4.65. The molecule has 1 aliphatic rings. The highest BCUT2D eigenvalue weighted by Gasteiger charge is 2.26. The van der Waals surface area contributed by atoms with Crippen molar-refractivity contribution in [2.75, 3.05) is 26.7 Å². The molecule has 28 heavy (non-hydrogen) atoms. The van der Waals surface area contributed by atoms with Crippen LogP contribution in [-0.4, -0.2) is 53.4 Å². The predicted molar refractivity (Wildman–Crippen MR) is 97.5 cm³/mol. The Morgan fingerprint density at radius 2 is 1.89 bits per heavy atom. The van der Waals surface area contributed by atoms with Crippen molar-refractivity contribution in [2.45, 2.75) is 13.3 Å². The Morgan fingerprint density at radius 1 is 1.14 bits per heavy atom. The van der Waals surface area contributed by atoms with Gasteiger partial charge < -0.3 is 19.6 Å². The number of nitrogens with zero attached hydrogens (tertiary/aromatic N) is 2. The fraction of sp³-hybridized carbons (Fsp3) is 0.300. The van der Waals surface area contributed by atoms with Crippen LogP contribution in [-0.2, 0) is 11.2 Å². The second-order valence-electron chi connectivity index (χ2n) is 6.55. The van der Waals surface area contributed by atoms with Gasteiger partial charge >= 0.3 is 0 Å². The van der Waals surface area contributed by atoms with E-state index >= 15 is 0 Å². The lowest BCUT2D eigenvalue weighted by molar-refractivity contribution is -0.133. The molecule has 0 aromatic heterocycles. The average molecular weight is 390 g/mol. The van der Waals surface area contributed by atoms with E-state index in [4.69, 9.17) is 4.74 Å². The maximum absolute atomic E-state index is 14.4. The number of amides is 2. The van der Waals surface area contributed by atoms with Gasteiger partial charge in [0.25, 0.3) is 5.91 Å². The van der Waals surface area contributed by atoms with Gasteiger partial charge in [-0.1, -0.05) is 6.92 Å². The van der Waals surface area contributed by atoms with Gasteiger partial charge in [0, 0.05) is 31.8 Å². The second-order valence-corrected chi connectivity index (χ2v) is 6.55. The standard InChI is InChI=1S/C20H20F2N2O4/c1-3-12-9-16(25)18(10-14(12)21)28-17-5-4-13(8-15(17)22)20(27)24-7-6-23(2)19(26)11-24/h4-5,8-10,25H,3,6-7,11H2,1-2H3. The lowest BCUT2D eigenvalue weighted by Gasteiger charge is -2.32. The van der Waals surface area contributed by atoms with Crippen molar-refractivity contribution in [2.24, 2.45) is 0 Å². The summed E-state index contributed by atoms with van der Waals surface area (Å²) >= 11 is 0. The van der Waals surface area contributed by atoms with E-state index in [0.717, 1.165) is 12.1 Å². The minimum Gasteiger partial charge on any atom is -0.504 e. The average Bonchev–Trinajstić information content (AvgIpc) is 2.67. The fourth-order valence-corrected chi connectivity index (χ4v) is 2.89. The van der Waals surface area contributed by atoms with Gasteiger partial charge in [-0.15, -0.1) is 0 Å². The van der Waals surface area contributed by atoms with Gasteiger partial charge in [0.15, 0.2) is 23.1 Å². The number of piperazine rings is 1. The van der Waals surface area contributed by atoms with Gasteiger partial charge in [-0.2, -0.15) is 0 Å². The number of hydrogen-bond donors (Lipinski definition) is 1. The minimum absolute atomic E-state index is 0.0634. The number of aryl methyl sites for hydroxylation is 1. The summed E-state index contributed by atoms with van der Waals surface area (Å²) in [6, 6.07) is 5.80. The van der Waals surface area contributed by atoms with Crippen LogP contribution in [0.1, 0.15) is 22.8 Å². The van der Waals surface area contributed by atoms with Crippen molar-refractivity contribution < 1.29 is 28.2 Å². The molecule has 148 valence electrons. The summed E-state index contributed by atoms with van der Waals surface area (Å²) in [5.74, 6) is -2.86. The number of aromatic hydroxyl groups is 1. The summed E-state index contributed by atoms with van der Waals surface area (Å²) in [6.07, 6.45) is 0.389. The van der Waals surface area contributed by atoms with Gasteiger partial charge in [-0.3, -0.25) is 9.59 Å². The molecule has 1 fully saturated rings. The van der Waals surface area contributed by atoms with E-state index in [1.165, 1.54) is 28.0 Å². The molecule has 2 aromatic rings. The van der Waals surface area contributed by atoms with E-state index in [0.29, 0.717) is 25.1 Å². The van der Waals surface area contributed by atoms with Crippen LogP contribution in [0.3, 0.4) is 0 Å². The number of hydrogen-bond acceptors (Lipinski definition) is 4. The van der Waals surface area contributed by atoms with Crippen molar-refractivity contribution in [1.29, 1.82) is 0 Å². The second kappa shape index (κ2) is 7.84. The molecule has 0 saturated carbocycles. The summed E-state index contributed by atoms with van der Waals surface area (Å²) in [4.78, 5) is 27.1. The quantitative estimate of drug-likeness (QED) is 0.872. The molecule has 0 atom stereocenters. The molecule has 0 unspecified atom stereocenters. The molecule has 0 aliphatic carbocycles. The van der Waals surface area contributed by atoms with Crippen LogP contribution in [0.5, 0.6) is 17.2 Å². The summed E-state index contributed by atoms with van der Waals surface area (Å²) in [6.45, 7) is 2.44. The number of likely N-dealkylation sites (N-methyl/N-ethyl adjacent to an activating group) is 1. The molecule has 1 N–H and O–H groups in total. The van der Waals surface area contributed by atoms with E-state index in [1.54, 1.807) is 14.0 Å². The molecule has 0 spiro atoms. The molecule has 3 rings (SSSR count). The molecule has 0 radical (unpaired) electrons. The van der Waals surface area contributed by atoms with E-state index in [9.17, 15) is 23.5 Å². The molecule has 2 amide bonds. The zero-order valence-corrected chi connectivity index (χ0v) is 15.5. The SMILES string of the molecule is CCc1cc(O)c(Oc2ccc(C(=O)N3CCN(C)C(=O)C3)cc2F)cc1F. The Morgan fingerprint density at radius 3 is 2.54 bits per heavy atom. The van der Waals surface area contributed by atoms with Crippen molar-refractivity contribution in [3.63, 3.8) is 0 Å². The summed E-state index contributed by atoms with van der Waals surface area (Å²) in [5.41, 5.74) is 0.381. The summed E-state index contributed by atoms with van der Waals surface area (Å²) in [7, 11) is 1.65.